The quantitative estimate of drug-likeness (QED) is 0.819. The lowest BCUT2D eigenvalue weighted by Crippen LogP contribution is -2.23. The molecule has 0 bridgehead atoms. The molecule has 82 valence electrons. The number of thioether (sulfide) groups is 1. The average molecular weight is 236 g/mol. The number of nitrogens with zero attached hydrogens (tertiary/aromatic N) is 3. The zero-order chi connectivity index (χ0) is 11.0. The molecule has 0 atom stereocenters. The molecule has 1 aromatic heterocycles. The molecule has 0 radical (unpaired) electrons. The molecule has 0 amide bonds. The Labute approximate surface area is 95.8 Å². The van der Waals surface area contributed by atoms with Gasteiger partial charge in [0.15, 0.2) is 5.82 Å². The molecule has 2 aromatic rings. The van der Waals surface area contributed by atoms with E-state index in [0.717, 1.165) is 28.8 Å². The lowest BCUT2D eigenvalue weighted by Gasteiger charge is -2.16. The molecule has 4 nitrogen and oxygen atoms in total. The SMILES string of the molecule is Fc1ccc(-c2nnc3n2NCCS3)cc1. The second-order valence-corrected chi connectivity index (χ2v) is 4.47. The van der Waals surface area contributed by atoms with E-state index >= 15 is 0 Å². The summed E-state index contributed by atoms with van der Waals surface area (Å²) in [5.41, 5.74) is 4.06. The van der Waals surface area contributed by atoms with Gasteiger partial charge in [-0.15, -0.1) is 10.2 Å². The fraction of sp³-hybridized carbons (Fsp3) is 0.200. The fourth-order valence-corrected chi connectivity index (χ4v) is 2.35. The Balaban J connectivity index is 2.06. The van der Waals surface area contributed by atoms with Crippen LogP contribution in [0.5, 0.6) is 0 Å². The second kappa shape index (κ2) is 3.79. The van der Waals surface area contributed by atoms with Gasteiger partial charge in [0.2, 0.25) is 5.16 Å². The minimum Gasteiger partial charge on any atom is -0.321 e. The second-order valence-electron chi connectivity index (χ2n) is 3.41. The maximum Gasteiger partial charge on any atom is 0.210 e. The Morgan fingerprint density at radius 1 is 1.25 bits per heavy atom. The highest BCUT2D eigenvalue weighted by Crippen LogP contribution is 2.24. The Morgan fingerprint density at radius 2 is 2.06 bits per heavy atom. The van der Waals surface area contributed by atoms with Crippen molar-refractivity contribution in [3.05, 3.63) is 30.1 Å². The van der Waals surface area contributed by atoms with Crippen molar-refractivity contribution in [2.24, 2.45) is 0 Å². The molecule has 1 aromatic carbocycles. The highest BCUT2D eigenvalue weighted by Gasteiger charge is 2.16. The number of nitrogens with one attached hydrogen (secondary N) is 1. The Morgan fingerprint density at radius 3 is 2.88 bits per heavy atom. The largest absolute Gasteiger partial charge is 0.321 e. The number of aromatic nitrogens is 3. The topological polar surface area (TPSA) is 42.7 Å². The number of rotatable bonds is 1. The van der Waals surface area contributed by atoms with Crippen molar-refractivity contribution in [3.63, 3.8) is 0 Å². The lowest BCUT2D eigenvalue weighted by molar-refractivity contribution is 0.628. The van der Waals surface area contributed by atoms with E-state index in [1.54, 1.807) is 23.9 Å². The van der Waals surface area contributed by atoms with E-state index in [2.05, 4.69) is 15.6 Å². The van der Waals surface area contributed by atoms with Crippen LogP contribution in [0, 0.1) is 5.82 Å². The molecule has 1 N–H and O–H groups in total. The molecule has 3 rings (SSSR count). The van der Waals surface area contributed by atoms with Crippen LogP contribution in [0.15, 0.2) is 29.4 Å². The molecule has 2 heterocycles. The van der Waals surface area contributed by atoms with Crippen LogP contribution >= 0.6 is 11.8 Å². The van der Waals surface area contributed by atoms with Gasteiger partial charge in [0.1, 0.15) is 5.82 Å². The summed E-state index contributed by atoms with van der Waals surface area (Å²) in [7, 11) is 0. The number of fused-ring (bicyclic) bond motifs is 1. The van der Waals surface area contributed by atoms with Gasteiger partial charge in [-0.3, -0.25) is 0 Å². The summed E-state index contributed by atoms with van der Waals surface area (Å²) in [6, 6.07) is 6.25. The van der Waals surface area contributed by atoms with Crippen molar-refractivity contribution in [1.29, 1.82) is 0 Å². The van der Waals surface area contributed by atoms with Crippen molar-refractivity contribution in [3.8, 4) is 11.4 Å². The van der Waals surface area contributed by atoms with Crippen molar-refractivity contribution < 1.29 is 4.39 Å². The third-order valence-electron chi connectivity index (χ3n) is 2.34. The van der Waals surface area contributed by atoms with E-state index in [4.69, 9.17) is 0 Å². The molecular weight excluding hydrogens is 227 g/mol. The van der Waals surface area contributed by atoms with Crippen molar-refractivity contribution >= 4 is 11.8 Å². The zero-order valence-corrected chi connectivity index (χ0v) is 9.17. The van der Waals surface area contributed by atoms with Crippen LogP contribution in [0.1, 0.15) is 0 Å². The van der Waals surface area contributed by atoms with Crippen molar-refractivity contribution in [2.75, 3.05) is 17.7 Å². The number of hydrogen-bond donors (Lipinski definition) is 1. The first-order valence-corrected chi connectivity index (χ1v) is 5.91. The normalized spacial score (nSPS) is 14.3. The molecule has 6 heteroatoms. The van der Waals surface area contributed by atoms with Crippen molar-refractivity contribution in [2.45, 2.75) is 5.16 Å². The standard InChI is InChI=1S/C10H9FN4S/c11-8-3-1-7(2-4-8)9-13-14-10-15(9)12-5-6-16-10/h1-4,12H,5-6H2. The van der Waals surface area contributed by atoms with E-state index in [0.29, 0.717) is 0 Å². The zero-order valence-electron chi connectivity index (χ0n) is 8.35. The highest BCUT2D eigenvalue weighted by atomic mass is 32.2. The van der Waals surface area contributed by atoms with Gasteiger partial charge in [-0.2, -0.15) is 0 Å². The monoisotopic (exact) mass is 236 g/mol. The molecule has 16 heavy (non-hydrogen) atoms. The van der Waals surface area contributed by atoms with Crippen LogP contribution in [0.3, 0.4) is 0 Å². The summed E-state index contributed by atoms with van der Waals surface area (Å²) in [5.74, 6) is 1.47. The predicted molar refractivity (Wildman–Crippen MR) is 60.4 cm³/mol. The molecule has 1 aliphatic heterocycles. The lowest BCUT2D eigenvalue weighted by atomic mass is 10.2. The van der Waals surface area contributed by atoms with Gasteiger partial charge in [0.25, 0.3) is 0 Å². The van der Waals surface area contributed by atoms with E-state index in [1.165, 1.54) is 12.1 Å². The summed E-state index contributed by atoms with van der Waals surface area (Å²) < 4.78 is 14.7. The molecule has 0 saturated heterocycles. The highest BCUT2D eigenvalue weighted by molar-refractivity contribution is 7.99. The van der Waals surface area contributed by atoms with E-state index in [1.807, 2.05) is 4.68 Å². The third kappa shape index (κ3) is 1.55. The van der Waals surface area contributed by atoms with E-state index in [9.17, 15) is 4.39 Å². The van der Waals surface area contributed by atoms with Crippen LogP contribution in [-0.2, 0) is 0 Å². The van der Waals surface area contributed by atoms with Gasteiger partial charge in [0.05, 0.1) is 0 Å². The Kier molecular flexibility index (Phi) is 2.28. The molecular formula is C10H9FN4S. The van der Waals surface area contributed by atoms with Crippen LogP contribution in [0.4, 0.5) is 4.39 Å². The van der Waals surface area contributed by atoms with Crippen LogP contribution < -0.4 is 5.43 Å². The number of benzene rings is 1. The van der Waals surface area contributed by atoms with Gasteiger partial charge in [-0.1, -0.05) is 11.8 Å². The summed E-state index contributed by atoms with van der Waals surface area (Å²) in [6.07, 6.45) is 0. The van der Waals surface area contributed by atoms with E-state index < -0.39 is 0 Å². The molecule has 0 spiro atoms. The minimum atomic E-state index is -0.246. The number of halogens is 1. The van der Waals surface area contributed by atoms with Gasteiger partial charge in [0, 0.05) is 17.9 Å². The fourth-order valence-electron chi connectivity index (χ4n) is 1.59. The molecule has 0 fully saturated rings. The predicted octanol–water partition coefficient (Wildman–Crippen LogP) is 1.73. The Bertz CT molecular complexity index is 508. The van der Waals surface area contributed by atoms with Gasteiger partial charge in [-0.25, -0.2) is 9.07 Å². The molecule has 0 aliphatic carbocycles. The van der Waals surface area contributed by atoms with Crippen LogP contribution in [0.25, 0.3) is 11.4 Å². The maximum atomic E-state index is 12.8. The van der Waals surface area contributed by atoms with E-state index in [-0.39, 0.29) is 5.82 Å². The first-order chi connectivity index (χ1) is 7.84. The first-order valence-electron chi connectivity index (χ1n) is 4.92. The number of hydrogen-bond acceptors (Lipinski definition) is 4. The van der Waals surface area contributed by atoms with Crippen molar-refractivity contribution in [1.82, 2.24) is 14.9 Å². The average Bonchev–Trinajstić information content (AvgIpc) is 2.74. The van der Waals surface area contributed by atoms with Crippen LogP contribution in [-0.4, -0.2) is 27.2 Å². The minimum absolute atomic E-state index is 0.246. The molecule has 0 saturated carbocycles. The maximum absolute atomic E-state index is 12.8. The summed E-state index contributed by atoms with van der Waals surface area (Å²) in [5, 5.41) is 9.03. The third-order valence-corrected chi connectivity index (χ3v) is 3.27. The first kappa shape index (κ1) is 9.65. The van der Waals surface area contributed by atoms with Gasteiger partial charge in [-0.05, 0) is 24.3 Å². The van der Waals surface area contributed by atoms with Gasteiger partial charge >= 0.3 is 0 Å². The molecule has 0 unspecified atom stereocenters. The van der Waals surface area contributed by atoms with Crippen LogP contribution in [0.2, 0.25) is 0 Å². The van der Waals surface area contributed by atoms with Gasteiger partial charge < -0.3 is 5.43 Å². The molecule has 1 aliphatic rings. The summed E-state index contributed by atoms with van der Waals surface area (Å²) in [6.45, 7) is 0.879. The Hall–Kier alpha value is -1.56. The summed E-state index contributed by atoms with van der Waals surface area (Å²) in [4.78, 5) is 0. The summed E-state index contributed by atoms with van der Waals surface area (Å²) >= 11 is 1.66. The smallest absolute Gasteiger partial charge is 0.210 e.